The molecular weight excluding hydrogens is 332 g/mol. The van der Waals surface area contributed by atoms with Gasteiger partial charge in [0, 0.05) is 26.2 Å². The number of hydrogen-bond donors (Lipinski definition) is 0. The van der Waals surface area contributed by atoms with Crippen LogP contribution in [-0.2, 0) is 9.53 Å². The Hall–Kier alpha value is -2.02. The van der Waals surface area contributed by atoms with E-state index in [1.807, 2.05) is 16.7 Å². The molecule has 7 nitrogen and oxygen atoms in total. The van der Waals surface area contributed by atoms with Gasteiger partial charge in [-0.2, -0.15) is 10.2 Å². The van der Waals surface area contributed by atoms with E-state index in [2.05, 4.69) is 10.2 Å². The second-order valence-electron chi connectivity index (χ2n) is 8.27. The second-order valence-corrected chi connectivity index (χ2v) is 8.27. The van der Waals surface area contributed by atoms with Gasteiger partial charge in [0.15, 0.2) is 0 Å². The SMILES string of the molecule is CC1(C(=O)N2CCC3(CCN(C(=O)c4ccnnc4)CC3)CC2)COC1. The summed E-state index contributed by atoms with van der Waals surface area (Å²) in [6.07, 6.45) is 7.18. The van der Waals surface area contributed by atoms with Crippen LogP contribution in [0.3, 0.4) is 0 Å². The van der Waals surface area contributed by atoms with Crippen molar-refractivity contribution in [2.75, 3.05) is 39.4 Å². The largest absolute Gasteiger partial charge is 0.379 e. The summed E-state index contributed by atoms with van der Waals surface area (Å²) in [6.45, 7) is 6.32. The van der Waals surface area contributed by atoms with Crippen molar-refractivity contribution in [3.8, 4) is 0 Å². The van der Waals surface area contributed by atoms with Crippen LogP contribution in [0.15, 0.2) is 18.5 Å². The summed E-state index contributed by atoms with van der Waals surface area (Å²) in [5, 5.41) is 7.53. The highest BCUT2D eigenvalue weighted by molar-refractivity contribution is 5.93. The van der Waals surface area contributed by atoms with E-state index in [9.17, 15) is 9.59 Å². The molecule has 0 atom stereocenters. The lowest BCUT2D eigenvalue weighted by molar-refractivity contribution is -0.171. The number of nitrogens with zero attached hydrogens (tertiary/aromatic N) is 4. The second kappa shape index (κ2) is 6.61. The predicted octanol–water partition coefficient (Wildman–Crippen LogP) is 1.36. The smallest absolute Gasteiger partial charge is 0.255 e. The summed E-state index contributed by atoms with van der Waals surface area (Å²) >= 11 is 0. The topological polar surface area (TPSA) is 75.6 Å². The van der Waals surface area contributed by atoms with Gasteiger partial charge in [0.2, 0.25) is 5.91 Å². The molecule has 7 heteroatoms. The lowest BCUT2D eigenvalue weighted by atomic mass is 9.70. The number of ether oxygens (including phenoxy) is 1. The maximum absolute atomic E-state index is 12.7. The van der Waals surface area contributed by atoms with Crippen LogP contribution in [0.25, 0.3) is 0 Å². The van der Waals surface area contributed by atoms with Crippen LogP contribution in [-0.4, -0.2) is 71.2 Å². The molecule has 0 aromatic carbocycles. The molecule has 1 aromatic heterocycles. The standard InChI is InChI=1S/C19H26N4O3/c1-18(13-26-14-18)17(25)23-10-5-19(6-11-23)3-8-22(9-4-19)16(24)15-2-7-20-21-12-15/h2,7,12H,3-6,8-11,13-14H2,1H3. The van der Waals surface area contributed by atoms with Crippen molar-refractivity contribution in [3.05, 3.63) is 24.0 Å². The van der Waals surface area contributed by atoms with Crippen LogP contribution >= 0.6 is 0 Å². The van der Waals surface area contributed by atoms with E-state index in [1.54, 1.807) is 12.3 Å². The Morgan fingerprint density at radius 1 is 1.00 bits per heavy atom. The minimum absolute atomic E-state index is 0.0419. The Labute approximate surface area is 153 Å². The zero-order valence-electron chi connectivity index (χ0n) is 15.3. The van der Waals surface area contributed by atoms with Crippen molar-refractivity contribution < 1.29 is 14.3 Å². The predicted molar refractivity (Wildman–Crippen MR) is 94.3 cm³/mol. The van der Waals surface area contributed by atoms with Crippen molar-refractivity contribution >= 4 is 11.8 Å². The maximum atomic E-state index is 12.7. The minimum Gasteiger partial charge on any atom is -0.379 e. The first-order valence-corrected chi connectivity index (χ1v) is 9.45. The number of carbonyl (C=O) groups is 2. The third-order valence-electron chi connectivity index (χ3n) is 6.41. The van der Waals surface area contributed by atoms with Gasteiger partial charge in [0.1, 0.15) is 0 Å². The summed E-state index contributed by atoms with van der Waals surface area (Å²) in [5.41, 5.74) is 0.576. The number of aromatic nitrogens is 2. The monoisotopic (exact) mass is 358 g/mol. The fraction of sp³-hybridized carbons (Fsp3) is 0.684. The Bertz CT molecular complexity index is 671. The third-order valence-corrected chi connectivity index (χ3v) is 6.41. The Kier molecular flexibility index (Phi) is 4.42. The average Bonchev–Trinajstić information content (AvgIpc) is 2.67. The average molecular weight is 358 g/mol. The summed E-state index contributed by atoms with van der Waals surface area (Å²) < 4.78 is 5.24. The molecule has 3 aliphatic rings. The van der Waals surface area contributed by atoms with Gasteiger partial charge < -0.3 is 14.5 Å². The van der Waals surface area contributed by atoms with Gasteiger partial charge in [-0.15, -0.1) is 0 Å². The van der Waals surface area contributed by atoms with E-state index in [1.165, 1.54) is 6.20 Å². The van der Waals surface area contributed by atoms with E-state index in [-0.39, 0.29) is 22.6 Å². The zero-order chi connectivity index (χ0) is 18.2. The van der Waals surface area contributed by atoms with E-state index in [0.717, 1.165) is 51.9 Å². The number of rotatable bonds is 2. The quantitative estimate of drug-likeness (QED) is 0.798. The Morgan fingerprint density at radius 3 is 2.12 bits per heavy atom. The van der Waals surface area contributed by atoms with Crippen LogP contribution in [0.4, 0.5) is 0 Å². The molecule has 3 fully saturated rings. The van der Waals surface area contributed by atoms with Gasteiger partial charge >= 0.3 is 0 Å². The van der Waals surface area contributed by atoms with Gasteiger partial charge in [0.25, 0.3) is 5.91 Å². The molecule has 1 spiro atoms. The molecule has 4 heterocycles. The summed E-state index contributed by atoms with van der Waals surface area (Å²) in [7, 11) is 0. The first-order valence-electron chi connectivity index (χ1n) is 9.45. The fourth-order valence-corrected chi connectivity index (χ4v) is 4.38. The number of piperidine rings is 2. The normalized spacial score (nSPS) is 24.2. The van der Waals surface area contributed by atoms with E-state index in [4.69, 9.17) is 4.74 Å². The number of carbonyl (C=O) groups excluding carboxylic acids is 2. The molecule has 26 heavy (non-hydrogen) atoms. The molecule has 0 N–H and O–H groups in total. The molecule has 2 amide bonds. The van der Waals surface area contributed by atoms with Crippen LogP contribution in [0.5, 0.6) is 0 Å². The molecule has 140 valence electrons. The molecule has 1 aromatic rings. The van der Waals surface area contributed by atoms with Crippen molar-refractivity contribution in [2.24, 2.45) is 10.8 Å². The fourth-order valence-electron chi connectivity index (χ4n) is 4.38. The first-order chi connectivity index (χ1) is 12.5. The molecule has 3 saturated heterocycles. The number of likely N-dealkylation sites (tertiary alicyclic amines) is 2. The van der Waals surface area contributed by atoms with Gasteiger partial charge in [-0.05, 0) is 44.1 Å². The van der Waals surface area contributed by atoms with Crippen LogP contribution in [0.2, 0.25) is 0 Å². The molecule has 0 saturated carbocycles. The minimum atomic E-state index is -0.307. The van der Waals surface area contributed by atoms with Crippen LogP contribution in [0, 0.1) is 10.8 Å². The Morgan fingerprint density at radius 2 is 1.62 bits per heavy atom. The molecule has 0 bridgehead atoms. The van der Waals surface area contributed by atoms with E-state index < -0.39 is 0 Å². The third kappa shape index (κ3) is 3.09. The van der Waals surface area contributed by atoms with Crippen molar-refractivity contribution in [2.45, 2.75) is 32.6 Å². The van der Waals surface area contributed by atoms with Crippen LogP contribution in [0.1, 0.15) is 43.0 Å². The van der Waals surface area contributed by atoms with Gasteiger partial charge in [0.05, 0.1) is 36.6 Å². The first kappa shape index (κ1) is 17.4. The lowest BCUT2D eigenvalue weighted by Gasteiger charge is -2.49. The number of amides is 2. The van der Waals surface area contributed by atoms with Gasteiger partial charge in [-0.25, -0.2) is 0 Å². The summed E-state index contributed by atoms with van der Waals surface area (Å²) in [4.78, 5) is 29.2. The van der Waals surface area contributed by atoms with Crippen molar-refractivity contribution in [1.82, 2.24) is 20.0 Å². The van der Waals surface area contributed by atoms with E-state index >= 15 is 0 Å². The molecule has 3 aliphatic heterocycles. The highest BCUT2D eigenvalue weighted by Gasteiger charge is 2.46. The summed E-state index contributed by atoms with van der Waals surface area (Å²) in [6, 6.07) is 1.72. The van der Waals surface area contributed by atoms with Crippen molar-refractivity contribution in [3.63, 3.8) is 0 Å². The molecular formula is C19H26N4O3. The maximum Gasteiger partial charge on any atom is 0.255 e. The molecule has 4 rings (SSSR count). The van der Waals surface area contributed by atoms with Crippen LogP contribution < -0.4 is 0 Å². The van der Waals surface area contributed by atoms with E-state index in [0.29, 0.717) is 18.8 Å². The highest BCUT2D eigenvalue weighted by Crippen LogP contribution is 2.42. The highest BCUT2D eigenvalue weighted by atomic mass is 16.5. The summed E-state index contributed by atoms with van der Waals surface area (Å²) in [5.74, 6) is 0.289. The van der Waals surface area contributed by atoms with Gasteiger partial charge in [-0.1, -0.05) is 0 Å². The van der Waals surface area contributed by atoms with Gasteiger partial charge in [-0.3, -0.25) is 9.59 Å². The molecule has 0 radical (unpaired) electrons. The molecule has 0 unspecified atom stereocenters. The zero-order valence-corrected chi connectivity index (χ0v) is 15.3. The number of hydrogen-bond acceptors (Lipinski definition) is 5. The Balaban J connectivity index is 1.31. The van der Waals surface area contributed by atoms with Crippen molar-refractivity contribution in [1.29, 1.82) is 0 Å². The molecule has 0 aliphatic carbocycles. The lowest BCUT2D eigenvalue weighted by Crippen LogP contribution is -2.56.